The molecule has 1 atom stereocenters. The highest BCUT2D eigenvalue weighted by Gasteiger charge is 2.48. The van der Waals surface area contributed by atoms with E-state index in [0.29, 0.717) is 5.54 Å². The number of nitrogens with zero attached hydrogens (tertiary/aromatic N) is 1. The van der Waals surface area contributed by atoms with Crippen LogP contribution in [0.25, 0.3) is 0 Å². The van der Waals surface area contributed by atoms with Crippen molar-refractivity contribution in [3.8, 4) is 0 Å². The molecule has 1 saturated heterocycles. The summed E-state index contributed by atoms with van der Waals surface area (Å²) in [5, 5.41) is 3.94. The van der Waals surface area contributed by atoms with Gasteiger partial charge in [-0.05, 0) is 44.4 Å². The predicted molar refractivity (Wildman–Crippen MR) is 79.3 cm³/mol. The molecule has 1 spiro atoms. The SMILES string of the molecule is C1CCC(N2CC(C3CC3)NCC23CCCC3)CC1. The Hall–Kier alpha value is -0.0800. The molecule has 1 heterocycles. The Kier molecular flexibility index (Phi) is 3.35. The van der Waals surface area contributed by atoms with Gasteiger partial charge in [0.2, 0.25) is 0 Å². The molecule has 1 aliphatic heterocycles. The van der Waals surface area contributed by atoms with Gasteiger partial charge < -0.3 is 5.32 Å². The molecule has 2 nitrogen and oxygen atoms in total. The van der Waals surface area contributed by atoms with E-state index in [0.717, 1.165) is 18.0 Å². The lowest BCUT2D eigenvalue weighted by molar-refractivity contribution is -0.0111. The van der Waals surface area contributed by atoms with E-state index in [-0.39, 0.29) is 0 Å². The van der Waals surface area contributed by atoms with Crippen LogP contribution in [-0.2, 0) is 0 Å². The average Bonchev–Trinajstić information content (AvgIpc) is 3.21. The van der Waals surface area contributed by atoms with Gasteiger partial charge in [-0.1, -0.05) is 32.1 Å². The van der Waals surface area contributed by atoms with Crippen molar-refractivity contribution >= 4 is 0 Å². The van der Waals surface area contributed by atoms with Crippen molar-refractivity contribution < 1.29 is 0 Å². The monoisotopic (exact) mass is 262 g/mol. The Morgan fingerprint density at radius 3 is 2.26 bits per heavy atom. The molecule has 4 aliphatic rings. The lowest BCUT2D eigenvalue weighted by atomic mass is 9.84. The molecule has 108 valence electrons. The zero-order chi connectivity index (χ0) is 12.7. The summed E-state index contributed by atoms with van der Waals surface area (Å²) < 4.78 is 0. The molecule has 2 heteroatoms. The molecule has 19 heavy (non-hydrogen) atoms. The summed E-state index contributed by atoms with van der Waals surface area (Å²) >= 11 is 0. The van der Waals surface area contributed by atoms with Crippen LogP contribution < -0.4 is 5.32 Å². The third kappa shape index (κ3) is 2.35. The summed E-state index contributed by atoms with van der Waals surface area (Å²) in [6, 6.07) is 1.75. The Morgan fingerprint density at radius 1 is 0.842 bits per heavy atom. The van der Waals surface area contributed by atoms with Gasteiger partial charge >= 0.3 is 0 Å². The second kappa shape index (κ2) is 5.04. The van der Waals surface area contributed by atoms with Gasteiger partial charge in [0.25, 0.3) is 0 Å². The van der Waals surface area contributed by atoms with E-state index in [1.54, 1.807) is 0 Å². The van der Waals surface area contributed by atoms with Crippen molar-refractivity contribution in [2.45, 2.75) is 88.3 Å². The third-order valence-electron chi connectivity index (χ3n) is 6.44. The van der Waals surface area contributed by atoms with E-state index in [1.165, 1.54) is 83.7 Å². The first-order valence-electron chi connectivity index (χ1n) is 8.88. The second-order valence-corrected chi connectivity index (χ2v) is 7.70. The van der Waals surface area contributed by atoms with Gasteiger partial charge in [-0.3, -0.25) is 4.90 Å². The molecule has 1 N–H and O–H groups in total. The largest absolute Gasteiger partial charge is 0.311 e. The van der Waals surface area contributed by atoms with Gasteiger partial charge in [0, 0.05) is 30.7 Å². The van der Waals surface area contributed by atoms with E-state index in [4.69, 9.17) is 0 Å². The zero-order valence-corrected chi connectivity index (χ0v) is 12.4. The minimum absolute atomic E-state index is 0.563. The lowest BCUT2D eigenvalue weighted by Crippen LogP contribution is -2.66. The summed E-state index contributed by atoms with van der Waals surface area (Å²) in [7, 11) is 0. The van der Waals surface area contributed by atoms with E-state index in [1.807, 2.05) is 0 Å². The van der Waals surface area contributed by atoms with Gasteiger partial charge in [0.1, 0.15) is 0 Å². The molecule has 4 rings (SSSR count). The summed E-state index contributed by atoms with van der Waals surface area (Å²) in [5.41, 5.74) is 0.563. The molecule has 0 bridgehead atoms. The molecule has 0 aromatic heterocycles. The van der Waals surface area contributed by atoms with Crippen LogP contribution in [-0.4, -0.2) is 35.6 Å². The summed E-state index contributed by atoms with van der Waals surface area (Å²) in [6.07, 6.45) is 16.3. The van der Waals surface area contributed by atoms with E-state index < -0.39 is 0 Å². The van der Waals surface area contributed by atoms with Crippen LogP contribution in [0, 0.1) is 5.92 Å². The standard InChI is InChI=1S/C17H30N2/c1-2-6-15(7-3-1)19-12-16(14-8-9-14)18-13-17(19)10-4-5-11-17/h14-16,18H,1-13H2. The number of piperazine rings is 1. The normalized spacial score (nSPS) is 36.9. The minimum Gasteiger partial charge on any atom is -0.311 e. The third-order valence-corrected chi connectivity index (χ3v) is 6.44. The zero-order valence-electron chi connectivity index (χ0n) is 12.4. The molecule has 0 aromatic rings. The fourth-order valence-corrected chi connectivity index (χ4v) is 5.13. The average molecular weight is 262 g/mol. The smallest absolute Gasteiger partial charge is 0.0337 e. The predicted octanol–water partition coefficient (Wildman–Crippen LogP) is 3.32. The van der Waals surface area contributed by atoms with Crippen LogP contribution in [0.1, 0.15) is 70.6 Å². The van der Waals surface area contributed by atoms with Gasteiger partial charge in [-0.15, -0.1) is 0 Å². The van der Waals surface area contributed by atoms with Gasteiger partial charge in [-0.25, -0.2) is 0 Å². The Morgan fingerprint density at radius 2 is 1.58 bits per heavy atom. The Balaban J connectivity index is 1.52. The van der Waals surface area contributed by atoms with Crippen LogP contribution in [0.2, 0.25) is 0 Å². The van der Waals surface area contributed by atoms with Crippen LogP contribution in [0.5, 0.6) is 0 Å². The summed E-state index contributed by atoms with van der Waals surface area (Å²) in [4.78, 5) is 3.03. The highest BCUT2D eigenvalue weighted by Crippen LogP contribution is 2.43. The molecule has 0 amide bonds. The Bertz CT molecular complexity index is 311. The van der Waals surface area contributed by atoms with Gasteiger partial charge in [0.05, 0.1) is 0 Å². The fraction of sp³-hybridized carbons (Fsp3) is 1.00. The molecule has 1 unspecified atom stereocenters. The van der Waals surface area contributed by atoms with Crippen molar-refractivity contribution in [2.75, 3.05) is 13.1 Å². The van der Waals surface area contributed by atoms with Crippen LogP contribution >= 0.6 is 0 Å². The molecule has 3 aliphatic carbocycles. The molecule has 4 fully saturated rings. The highest BCUT2D eigenvalue weighted by atomic mass is 15.3. The number of nitrogens with one attached hydrogen (secondary N) is 1. The first-order valence-corrected chi connectivity index (χ1v) is 8.88. The van der Waals surface area contributed by atoms with Crippen molar-refractivity contribution in [1.29, 1.82) is 0 Å². The summed E-state index contributed by atoms with van der Waals surface area (Å²) in [6.45, 7) is 2.67. The fourth-order valence-electron chi connectivity index (χ4n) is 5.13. The van der Waals surface area contributed by atoms with Gasteiger partial charge in [0.15, 0.2) is 0 Å². The summed E-state index contributed by atoms with van der Waals surface area (Å²) in [5.74, 6) is 1.02. The molecule has 0 radical (unpaired) electrons. The van der Waals surface area contributed by atoms with Crippen LogP contribution in [0.4, 0.5) is 0 Å². The number of rotatable bonds is 2. The topological polar surface area (TPSA) is 15.3 Å². The van der Waals surface area contributed by atoms with Crippen molar-refractivity contribution in [3.05, 3.63) is 0 Å². The second-order valence-electron chi connectivity index (χ2n) is 7.70. The first kappa shape index (κ1) is 12.6. The molecule has 0 aromatic carbocycles. The van der Waals surface area contributed by atoms with E-state index in [9.17, 15) is 0 Å². The van der Waals surface area contributed by atoms with E-state index >= 15 is 0 Å². The van der Waals surface area contributed by atoms with E-state index in [2.05, 4.69) is 10.2 Å². The van der Waals surface area contributed by atoms with Crippen LogP contribution in [0.3, 0.4) is 0 Å². The van der Waals surface area contributed by atoms with Crippen molar-refractivity contribution in [3.63, 3.8) is 0 Å². The minimum atomic E-state index is 0.563. The highest BCUT2D eigenvalue weighted by molar-refractivity contribution is 5.06. The number of hydrogen-bond acceptors (Lipinski definition) is 2. The molecule has 3 saturated carbocycles. The maximum Gasteiger partial charge on any atom is 0.0337 e. The van der Waals surface area contributed by atoms with Crippen LogP contribution in [0.15, 0.2) is 0 Å². The van der Waals surface area contributed by atoms with Crippen molar-refractivity contribution in [2.24, 2.45) is 5.92 Å². The maximum absolute atomic E-state index is 3.94. The first-order chi connectivity index (χ1) is 9.37. The maximum atomic E-state index is 3.94. The van der Waals surface area contributed by atoms with Gasteiger partial charge in [-0.2, -0.15) is 0 Å². The quantitative estimate of drug-likeness (QED) is 0.821. The molecular formula is C17H30N2. The molecular weight excluding hydrogens is 232 g/mol. The Labute approximate surface area is 118 Å². The lowest BCUT2D eigenvalue weighted by Gasteiger charge is -2.53. The number of hydrogen-bond donors (Lipinski definition) is 1. The van der Waals surface area contributed by atoms with Crippen molar-refractivity contribution in [1.82, 2.24) is 10.2 Å².